The van der Waals surface area contributed by atoms with Gasteiger partial charge in [0.25, 0.3) is 5.69 Å². The van der Waals surface area contributed by atoms with Crippen molar-refractivity contribution in [2.75, 3.05) is 0 Å². The molecular weight excluding hydrogens is 285 g/mol. The molecule has 0 aliphatic rings. The molecule has 1 aromatic heterocycles. The predicted molar refractivity (Wildman–Crippen MR) is 60.9 cm³/mol. The molecule has 10 heteroatoms. The van der Waals surface area contributed by atoms with Gasteiger partial charge in [0.15, 0.2) is 5.82 Å². The van der Waals surface area contributed by atoms with E-state index in [0.717, 1.165) is 12.1 Å². The summed E-state index contributed by atoms with van der Waals surface area (Å²) in [6, 6.07) is 2.60. The predicted octanol–water partition coefficient (Wildman–Crippen LogP) is 3.06. The molecule has 6 nitrogen and oxygen atoms in total. The first kappa shape index (κ1) is 13.2. The van der Waals surface area contributed by atoms with E-state index in [2.05, 4.69) is 27.4 Å². The number of aromatic nitrogens is 3. The SMILES string of the molecule is O=[N+]([O-])c1ccc(-c2nc(=S)[nH][nH]2)cc1C(F)(F)F. The number of H-pyrrole nitrogens is 2. The van der Waals surface area contributed by atoms with Crippen molar-refractivity contribution in [2.24, 2.45) is 0 Å². The highest BCUT2D eigenvalue weighted by molar-refractivity contribution is 7.71. The fourth-order valence-electron chi connectivity index (χ4n) is 1.48. The van der Waals surface area contributed by atoms with Gasteiger partial charge in [-0.2, -0.15) is 18.2 Å². The summed E-state index contributed by atoms with van der Waals surface area (Å²) in [5, 5.41) is 15.5. The molecule has 0 unspecified atom stereocenters. The van der Waals surface area contributed by atoms with Crippen LogP contribution in [0.15, 0.2) is 18.2 Å². The topological polar surface area (TPSA) is 87.6 Å². The lowest BCUT2D eigenvalue weighted by Crippen LogP contribution is -2.09. The van der Waals surface area contributed by atoms with Crippen molar-refractivity contribution in [3.8, 4) is 11.4 Å². The first-order valence-corrected chi connectivity index (χ1v) is 5.20. The molecule has 1 aromatic carbocycles. The highest BCUT2D eigenvalue weighted by Gasteiger charge is 2.38. The van der Waals surface area contributed by atoms with E-state index in [1.165, 1.54) is 0 Å². The Hall–Kier alpha value is -2.23. The lowest BCUT2D eigenvalue weighted by Gasteiger charge is -2.08. The third kappa shape index (κ3) is 2.62. The van der Waals surface area contributed by atoms with Crippen LogP contribution in [0.25, 0.3) is 11.4 Å². The maximum atomic E-state index is 12.7. The zero-order valence-corrected chi connectivity index (χ0v) is 9.80. The van der Waals surface area contributed by atoms with Gasteiger partial charge in [-0.25, -0.2) is 0 Å². The van der Waals surface area contributed by atoms with Crippen LogP contribution < -0.4 is 0 Å². The van der Waals surface area contributed by atoms with Crippen LogP contribution in [0.2, 0.25) is 0 Å². The number of benzene rings is 1. The normalized spacial score (nSPS) is 11.5. The van der Waals surface area contributed by atoms with Gasteiger partial charge in [-0.1, -0.05) is 0 Å². The first-order chi connectivity index (χ1) is 8.79. The molecule has 2 rings (SSSR count). The fourth-order valence-corrected chi connectivity index (χ4v) is 1.62. The number of halogens is 3. The Labute approximate surface area is 108 Å². The van der Waals surface area contributed by atoms with Crippen molar-refractivity contribution in [1.29, 1.82) is 0 Å². The van der Waals surface area contributed by atoms with E-state index in [4.69, 9.17) is 0 Å². The number of hydrogen-bond donors (Lipinski definition) is 2. The Kier molecular flexibility index (Phi) is 3.10. The van der Waals surface area contributed by atoms with E-state index >= 15 is 0 Å². The lowest BCUT2D eigenvalue weighted by atomic mass is 10.1. The number of nitrogens with one attached hydrogen (secondary N) is 2. The summed E-state index contributed by atoms with van der Waals surface area (Å²) in [4.78, 5) is 13.2. The molecule has 19 heavy (non-hydrogen) atoms. The Morgan fingerprint density at radius 3 is 2.47 bits per heavy atom. The van der Waals surface area contributed by atoms with E-state index in [0.29, 0.717) is 6.07 Å². The van der Waals surface area contributed by atoms with E-state index in [-0.39, 0.29) is 16.2 Å². The van der Waals surface area contributed by atoms with Crippen LogP contribution >= 0.6 is 12.2 Å². The van der Waals surface area contributed by atoms with E-state index < -0.39 is 22.4 Å². The highest BCUT2D eigenvalue weighted by Crippen LogP contribution is 2.37. The second-order valence-corrected chi connectivity index (χ2v) is 3.89. The van der Waals surface area contributed by atoms with E-state index in [1.54, 1.807) is 0 Å². The van der Waals surface area contributed by atoms with Gasteiger partial charge in [0.2, 0.25) is 4.77 Å². The number of hydrogen-bond acceptors (Lipinski definition) is 4. The minimum Gasteiger partial charge on any atom is -0.282 e. The summed E-state index contributed by atoms with van der Waals surface area (Å²) in [6.07, 6.45) is -4.83. The van der Waals surface area contributed by atoms with Gasteiger partial charge < -0.3 is 0 Å². The minimum absolute atomic E-state index is 0.0466. The molecule has 0 atom stereocenters. The van der Waals surface area contributed by atoms with Crippen LogP contribution in [-0.4, -0.2) is 20.1 Å². The number of aromatic amines is 2. The summed E-state index contributed by atoms with van der Waals surface area (Å²) in [7, 11) is 0. The maximum absolute atomic E-state index is 12.7. The zero-order valence-electron chi connectivity index (χ0n) is 8.99. The fraction of sp³-hybridized carbons (Fsp3) is 0.111. The van der Waals surface area contributed by atoms with E-state index in [9.17, 15) is 23.3 Å². The van der Waals surface area contributed by atoms with Crippen molar-refractivity contribution in [3.05, 3.63) is 38.6 Å². The molecule has 0 radical (unpaired) electrons. The second-order valence-electron chi connectivity index (χ2n) is 3.50. The lowest BCUT2D eigenvalue weighted by molar-refractivity contribution is -0.388. The molecule has 0 fully saturated rings. The molecule has 2 N–H and O–H groups in total. The molecular formula is C9H5F3N4O2S. The summed E-state index contributed by atoms with van der Waals surface area (Å²) in [6.45, 7) is 0. The van der Waals surface area contributed by atoms with Gasteiger partial charge in [-0.05, 0) is 24.4 Å². The van der Waals surface area contributed by atoms with Crippen molar-refractivity contribution in [3.63, 3.8) is 0 Å². The molecule has 2 aromatic rings. The Morgan fingerprint density at radius 2 is 2.00 bits per heavy atom. The number of alkyl halides is 3. The van der Waals surface area contributed by atoms with Gasteiger partial charge in [-0.3, -0.25) is 20.3 Å². The standard InChI is InChI=1S/C9H5F3N4O2S/c10-9(11,12)5-3-4(1-2-6(5)16(17)18)7-13-8(19)15-14-7/h1-3H,(H2,13,14,15,19). The average Bonchev–Trinajstić information content (AvgIpc) is 2.74. The average molecular weight is 290 g/mol. The summed E-state index contributed by atoms with van der Waals surface area (Å²) in [5.74, 6) is 0.0744. The number of rotatable bonds is 2. The van der Waals surface area contributed by atoms with Gasteiger partial charge in [0, 0.05) is 11.6 Å². The minimum atomic E-state index is -4.83. The van der Waals surface area contributed by atoms with Crippen LogP contribution in [0.5, 0.6) is 0 Å². The van der Waals surface area contributed by atoms with Gasteiger partial charge in [-0.15, -0.1) is 0 Å². The summed E-state index contributed by atoms with van der Waals surface area (Å²) < 4.78 is 38.3. The highest BCUT2D eigenvalue weighted by atomic mass is 32.1. The monoisotopic (exact) mass is 290 g/mol. The second kappa shape index (κ2) is 4.46. The van der Waals surface area contributed by atoms with Crippen LogP contribution in [0.3, 0.4) is 0 Å². The zero-order chi connectivity index (χ0) is 14.2. The maximum Gasteiger partial charge on any atom is 0.423 e. The number of nitro groups is 1. The molecule has 0 saturated carbocycles. The third-order valence-electron chi connectivity index (χ3n) is 2.27. The molecule has 100 valence electrons. The third-order valence-corrected chi connectivity index (χ3v) is 2.47. The molecule has 1 heterocycles. The molecule has 0 aliphatic heterocycles. The quantitative estimate of drug-likeness (QED) is 0.505. The van der Waals surface area contributed by atoms with Crippen LogP contribution in [-0.2, 0) is 6.18 Å². The Morgan fingerprint density at radius 1 is 1.32 bits per heavy atom. The van der Waals surface area contributed by atoms with Crippen LogP contribution in [0.1, 0.15) is 5.56 Å². The molecule has 0 bridgehead atoms. The largest absolute Gasteiger partial charge is 0.423 e. The molecule has 0 amide bonds. The molecule has 0 spiro atoms. The Bertz CT molecular complexity index is 691. The molecule has 0 aliphatic carbocycles. The molecule has 0 saturated heterocycles. The smallest absolute Gasteiger partial charge is 0.282 e. The van der Waals surface area contributed by atoms with Crippen LogP contribution in [0, 0.1) is 14.9 Å². The summed E-state index contributed by atoms with van der Waals surface area (Å²) >= 11 is 4.68. The first-order valence-electron chi connectivity index (χ1n) is 4.80. The number of nitro benzene ring substituents is 1. The summed E-state index contributed by atoms with van der Waals surface area (Å²) in [5.41, 5.74) is -2.30. The van der Waals surface area contributed by atoms with Crippen molar-refractivity contribution < 1.29 is 18.1 Å². The number of nitrogens with zero attached hydrogens (tertiary/aromatic N) is 2. The van der Waals surface area contributed by atoms with Gasteiger partial charge >= 0.3 is 6.18 Å². The van der Waals surface area contributed by atoms with Crippen molar-refractivity contribution >= 4 is 17.9 Å². The van der Waals surface area contributed by atoms with Gasteiger partial charge in [0.05, 0.1) is 4.92 Å². The van der Waals surface area contributed by atoms with Crippen molar-refractivity contribution in [2.45, 2.75) is 6.18 Å². The van der Waals surface area contributed by atoms with Gasteiger partial charge in [0.1, 0.15) is 5.56 Å². The van der Waals surface area contributed by atoms with Crippen LogP contribution in [0.4, 0.5) is 18.9 Å². The van der Waals surface area contributed by atoms with E-state index in [1.807, 2.05) is 0 Å². The Balaban J connectivity index is 2.62. The van der Waals surface area contributed by atoms with Crippen molar-refractivity contribution in [1.82, 2.24) is 15.2 Å².